The van der Waals surface area contributed by atoms with Crippen LogP contribution in [0.3, 0.4) is 0 Å². The summed E-state index contributed by atoms with van der Waals surface area (Å²) < 4.78 is 0. The topological polar surface area (TPSA) is 84.4 Å². The Morgan fingerprint density at radius 3 is 1.81 bits per heavy atom. The van der Waals surface area contributed by atoms with E-state index in [9.17, 15) is 4.79 Å². The van der Waals surface area contributed by atoms with Crippen molar-refractivity contribution < 1.29 is 4.79 Å². The Labute approximate surface area is 124 Å². The van der Waals surface area contributed by atoms with Gasteiger partial charge in [-0.2, -0.15) is 0 Å². The summed E-state index contributed by atoms with van der Waals surface area (Å²) in [5.74, 6) is 11.4. The van der Waals surface area contributed by atoms with Crippen LogP contribution in [-0.4, -0.2) is 11.0 Å². The zero-order chi connectivity index (χ0) is 15.3. The van der Waals surface area contributed by atoms with Crippen LogP contribution in [0.2, 0.25) is 0 Å². The van der Waals surface area contributed by atoms with E-state index in [1.807, 2.05) is 67.6 Å². The highest BCUT2D eigenvalue weighted by atomic mass is 16.2. The first-order valence-electron chi connectivity index (χ1n) is 6.83. The van der Waals surface area contributed by atoms with Gasteiger partial charge in [-0.25, -0.2) is 21.5 Å². The Balaban J connectivity index is 2.65. The van der Waals surface area contributed by atoms with Gasteiger partial charge in [-0.3, -0.25) is 5.43 Å². The van der Waals surface area contributed by atoms with Crippen molar-refractivity contribution in [3.63, 3.8) is 0 Å². The number of carbonyl (C=O) groups excluding carboxylic acids is 1. The van der Waals surface area contributed by atoms with Crippen LogP contribution in [0, 0.1) is 0 Å². The van der Waals surface area contributed by atoms with Gasteiger partial charge in [0.15, 0.2) is 0 Å². The third-order valence-electron chi connectivity index (χ3n) is 3.77. The zero-order valence-corrected chi connectivity index (χ0v) is 12.0. The lowest BCUT2D eigenvalue weighted by molar-refractivity contribution is 0.133. The van der Waals surface area contributed by atoms with E-state index < -0.39 is 11.6 Å². The minimum Gasteiger partial charge on any atom is -0.275 e. The molecule has 0 saturated carbocycles. The fourth-order valence-corrected chi connectivity index (χ4v) is 2.69. The molecule has 0 spiro atoms. The Hall–Kier alpha value is -2.37. The third-order valence-corrected chi connectivity index (χ3v) is 3.77. The lowest BCUT2D eigenvalue weighted by Gasteiger charge is -2.41. The number of benzene rings is 2. The van der Waals surface area contributed by atoms with Crippen molar-refractivity contribution >= 4 is 6.03 Å². The summed E-state index contributed by atoms with van der Waals surface area (Å²) in [7, 11) is 0. The molecule has 110 valence electrons. The number of amides is 2. The van der Waals surface area contributed by atoms with E-state index in [4.69, 9.17) is 11.7 Å². The minimum atomic E-state index is -0.772. The van der Waals surface area contributed by atoms with Gasteiger partial charge in [0.1, 0.15) is 5.54 Å². The molecule has 5 nitrogen and oxygen atoms in total. The molecule has 0 fully saturated rings. The molecule has 0 aliphatic heterocycles. The van der Waals surface area contributed by atoms with Crippen molar-refractivity contribution in [2.75, 3.05) is 0 Å². The van der Waals surface area contributed by atoms with E-state index in [1.165, 1.54) is 0 Å². The van der Waals surface area contributed by atoms with Gasteiger partial charge in [0.05, 0.1) is 0 Å². The second kappa shape index (κ2) is 6.39. The van der Waals surface area contributed by atoms with Gasteiger partial charge in [-0.05, 0) is 17.5 Å². The van der Waals surface area contributed by atoms with E-state index in [-0.39, 0.29) is 0 Å². The number of hydrogen-bond donors (Lipinski definition) is 3. The van der Waals surface area contributed by atoms with Gasteiger partial charge in [0, 0.05) is 0 Å². The quantitative estimate of drug-likeness (QED) is 0.456. The van der Waals surface area contributed by atoms with Crippen LogP contribution in [0.15, 0.2) is 60.7 Å². The SMILES string of the molecule is CCC(c1ccccc1)(c1ccccc1)N(N)C(=O)NN. The van der Waals surface area contributed by atoms with E-state index in [1.54, 1.807) is 0 Å². The molecule has 0 aliphatic carbocycles. The summed E-state index contributed by atoms with van der Waals surface area (Å²) in [5, 5.41) is 1.16. The number of urea groups is 1. The average Bonchev–Trinajstić information content (AvgIpc) is 2.57. The van der Waals surface area contributed by atoms with E-state index in [0.29, 0.717) is 6.42 Å². The maximum absolute atomic E-state index is 12.0. The second-order valence-electron chi connectivity index (χ2n) is 4.77. The summed E-state index contributed by atoms with van der Waals surface area (Å²) in [6.07, 6.45) is 0.616. The maximum atomic E-state index is 12.0. The molecule has 0 atom stereocenters. The van der Waals surface area contributed by atoms with Crippen molar-refractivity contribution in [3.05, 3.63) is 71.8 Å². The van der Waals surface area contributed by atoms with Crippen LogP contribution in [0.25, 0.3) is 0 Å². The fourth-order valence-electron chi connectivity index (χ4n) is 2.69. The molecule has 2 aromatic rings. The highest BCUT2D eigenvalue weighted by Gasteiger charge is 2.40. The predicted molar refractivity (Wildman–Crippen MR) is 82.7 cm³/mol. The monoisotopic (exact) mass is 284 g/mol. The van der Waals surface area contributed by atoms with Crippen LogP contribution in [0.5, 0.6) is 0 Å². The first-order chi connectivity index (χ1) is 10.2. The van der Waals surface area contributed by atoms with Crippen molar-refractivity contribution in [2.45, 2.75) is 18.9 Å². The number of hydrogen-bond acceptors (Lipinski definition) is 3. The highest BCUT2D eigenvalue weighted by Crippen LogP contribution is 2.37. The molecule has 0 heterocycles. The van der Waals surface area contributed by atoms with Crippen molar-refractivity contribution in [1.29, 1.82) is 0 Å². The molecule has 0 aromatic heterocycles. The lowest BCUT2D eigenvalue weighted by atomic mass is 9.80. The lowest BCUT2D eigenvalue weighted by Crippen LogP contribution is -2.58. The van der Waals surface area contributed by atoms with E-state index in [2.05, 4.69) is 5.43 Å². The van der Waals surface area contributed by atoms with Crippen molar-refractivity contribution in [3.8, 4) is 0 Å². The van der Waals surface area contributed by atoms with Crippen LogP contribution in [-0.2, 0) is 5.54 Å². The number of nitrogens with two attached hydrogens (primary N) is 2. The number of hydrazine groups is 2. The predicted octanol–water partition coefficient (Wildman–Crippen LogP) is 2.10. The first-order valence-corrected chi connectivity index (χ1v) is 6.83. The van der Waals surface area contributed by atoms with Crippen LogP contribution in [0.4, 0.5) is 4.79 Å². The smallest absolute Gasteiger partial charge is 0.275 e. The molecule has 2 aromatic carbocycles. The molecule has 2 amide bonds. The van der Waals surface area contributed by atoms with Gasteiger partial charge in [0.25, 0.3) is 0 Å². The second-order valence-corrected chi connectivity index (χ2v) is 4.77. The summed E-state index contributed by atoms with van der Waals surface area (Å²) in [5.41, 5.74) is 3.20. The number of rotatable bonds is 4. The van der Waals surface area contributed by atoms with Crippen molar-refractivity contribution in [2.24, 2.45) is 11.7 Å². The van der Waals surface area contributed by atoms with Gasteiger partial charge in [-0.1, -0.05) is 67.6 Å². The maximum Gasteiger partial charge on any atom is 0.346 e. The van der Waals surface area contributed by atoms with Gasteiger partial charge in [0.2, 0.25) is 0 Å². The molecule has 0 aliphatic rings. The minimum absolute atomic E-state index is 0.537. The number of nitrogens with one attached hydrogen (secondary N) is 1. The van der Waals surface area contributed by atoms with Gasteiger partial charge in [-0.15, -0.1) is 0 Å². The Bertz CT molecular complexity index is 546. The molecule has 0 radical (unpaired) electrons. The van der Waals surface area contributed by atoms with Crippen LogP contribution < -0.4 is 17.1 Å². The standard InChI is InChI=1S/C16H20N4O/c1-2-16(20(18)15(21)19-17,13-9-5-3-6-10-13)14-11-7-4-8-12-14/h3-12H,2,17-18H2,1H3,(H,19,21). The summed E-state index contributed by atoms with van der Waals surface area (Å²) >= 11 is 0. The summed E-state index contributed by atoms with van der Waals surface area (Å²) in [4.78, 5) is 12.0. The zero-order valence-electron chi connectivity index (χ0n) is 12.0. The van der Waals surface area contributed by atoms with Crippen LogP contribution in [0.1, 0.15) is 24.5 Å². The number of nitrogens with zero attached hydrogens (tertiary/aromatic N) is 1. The fraction of sp³-hybridized carbons (Fsp3) is 0.188. The normalized spacial score (nSPS) is 11.0. The molecule has 5 N–H and O–H groups in total. The number of carbonyl (C=O) groups is 1. The van der Waals surface area contributed by atoms with Crippen molar-refractivity contribution in [1.82, 2.24) is 10.4 Å². The van der Waals surface area contributed by atoms with E-state index >= 15 is 0 Å². The molecule has 0 saturated heterocycles. The molecule has 0 unspecified atom stereocenters. The highest BCUT2D eigenvalue weighted by molar-refractivity contribution is 5.75. The molecular weight excluding hydrogens is 264 g/mol. The Morgan fingerprint density at radius 2 is 1.48 bits per heavy atom. The molecule has 5 heteroatoms. The molecule has 0 bridgehead atoms. The third kappa shape index (κ3) is 2.61. The average molecular weight is 284 g/mol. The van der Waals surface area contributed by atoms with Gasteiger partial charge >= 0.3 is 6.03 Å². The Morgan fingerprint density at radius 1 is 1.05 bits per heavy atom. The van der Waals surface area contributed by atoms with Gasteiger partial charge < -0.3 is 0 Å². The van der Waals surface area contributed by atoms with Crippen LogP contribution >= 0.6 is 0 Å². The Kier molecular flexibility index (Phi) is 4.57. The first kappa shape index (κ1) is 15.0. The largest absolute Gasteiger partial charge is 0.346 e. The molecule has 2 rings (SSSR count). The molecular formula is C16H20N4O. The van der Waals surface area contributed by atoms with E-state index in [0.717, 1.165) is 16.1 Å². The summed E-state index contributed by atoms with van der Waals surface area (Å²) in [6, 6.07) is 18.9. The summed E-state index contributed by atoms with van der Waals surface area (Å²) in [6.45, 7) is 1.99. The molecule has 21 heavy (non-hydrogen) atoms.